The molecule has 3 aromatic rings. The third kappa shape index (κ3) is 5.47. The summed E-state index contributed by atoms with van der Waals surface area (Å²) in [6.45, 7) is 10.9. The topological polar surface area (TPSA) is 124 Å². The average Bonchev–Trinajstić information content (AvgIpc) is 3.44. The molecule has 1 aromatic heterocycles. The summed E-state index contributed by atoms with van der Waals surface area (Å²) in [5, 5.41) is 3.46. The third-order valence-electron chi connectivity index (χ3n) is 9.41. The highest BCUT2D eigenvalue weighted by Gasteiger charge is 2.66. The SMILES string of the molecule is COc1ccc(C)cc1S(=O)N1CCOCC1C(=O)N1C[C@]2(C)C1CN2C(=O)[C@@H](NC(=O)c1cc2cc(F)ccc2[nH]1)C(C)(C)C. The van der Waals surface area contributed by atoms with Crippen LogP contribution in [0.5, 0.6) is 5.75 Å². The first-order valence-electron chi connectivity index (χ1n) is 15.3. The zero-order valence-electron chi connectivity index (χ0n) is 26.9. The molecule has 5 atom stereocenters. The summed E-state index contributed by atoms with van der Waals surface area (Å²) in [5.74, 6) is -0.800. The Morgan fingerprint density at radius 3 is 2.61 bits per heavy atom. The van der Waals surface area contributed by atoms with Crippen molar-refractivity contribution in [1.82, 2.24) is 24.4 Å². The standard InChI is InChI=1S/C33H40FN5O6S/c1-19-7-10-25(44-6)26(13-19)46(43)39-11-12-45-17-24(39)30(41)37-18-33(5)27(37)16-38(33)31(42)28(32(2,3)4)36-29(40)23-15-20-14-21(34)8-9-22(20)35-23/h7-10,13-15,24,27-28,35H,11-12,16-18H2,1-6H3,(H,36,40)/t24?,27?,28-,33-,46?/m1/s1. The number of morpholine rings is 1. The quantitative estimate of drug-likeness (QED) is 0.404. The summed E-state index contributed by atoms with van der Waals surface area (Å²) in [4.78, 5) is 48.2. The van der Waals surface area contributed by atoms with E-state index in [0.717, 1.165) is 5.56 Å². The number of aromatic amines is 1. The van der Waals surface area contributed by atoms with E-state index in [1.54, 1.807) is 32.3 Å². The number of fused-ring (bicyclic) bond motifs is 2. The second-order valence-corrected chi connectivity index (χ2v) is 15.0. The van der Waals surface area contributed by atoms with E-state index in [9.17, 15) is 23.0 Å². The Bertz CT molecular complexity index is 1740. The van der Waals surface area contributed by atoms with Gasteiger partial charge in [-0.25, -0.2) is 12.9 Å². The van der Waals surface area contributed by atoms with Gasteiger partial charge in [0.1, 0.15) is 40.3 Å². The number of hydrogen-bond acceptors (Lipinski definition) is 6. The maximum atomic E-state index is 14.0. The molecule has 246 valence electrons. The number of benzene rings is 2. The predicted octanol–water partition coefficient (Wildman–Crippen LogP) is 3.00. The molecule has 3 unspecified atom stereocenters. The smallest absolute Gasteiger partial charge is 0.268 e. The first-order chi connectivity index (χ1) is 21.7. The van der Waals surface area contributed by atoms with Gasteiger partial charge in [0.2, 0.25) is 11.8 Å². The molecule has 46 heavy (non-hydrogen) atoms. The molecule has 13 heteroatoms. The fourth-order valence-electron chi connectivity index (χ4n) is 6.65. The molecule has 0 radical (unpaired) electrons. The largest absolute Gasteiger partial charge is 0.495 e. The molecule has 0 aliphatic carbocycles. The Hall–Kier alpha value is -3.81. The van der Waals surface area contributed by atoms with Crippen molar-refractivity contribution in [3.8, 4) is 5.75 Å². The number of methoxy groups -OCH3 is 1. The lowest BCUT2D eigenvalue weighted by atomic mass is 9.70. The number of nitrogens with one attached hydrogen (secondary N) is 2. The predicted molar refractivity (Wildman–Crippen MR) is 170 cm³/mol. The first kappa shape index (κ1) is 32.1. The van der Waals surface area contributed by atoms with Gasteiger partial charge in [-0.1, -0.05) is 26.8 Å². The molecule has 3 aliphatic heterocycles. The van der Waals surface area contributed by atoms with Crippen LogP contribution in [0.3, 0.4) is 0 Å². The molecule has 3 saturated heterocycles. The molecule has 2 aromatic carbocycles. The van der Waals surface area contributed by atoms with E-state index in [-0.39, 0.29) is 30.2 Å². The highest BCUT2D eigenvalue weighted by molar-refractivity contribution is 7.82. The van der Waals surface area contributed by atoms with Crippen molar-refractivity contribution < 1.29 is 32.5 Å². The Balaban J connectivity index is 1.15. The highest BCUT2D eigenvalue weighted by Crippen LogP contribution is 2.45. The molecule has 0 saturated carbocycles. The fraction of sp³-hybridized carbons (Fsp3) is 0.485. The second-order valence-electron chi connectivity index (χ2n) is 13.6. The highest BCUT2D eigenvalue weighted by atomic mass is 32.2. The first-order valence-corrected chi connectivity index (χ1v) is 16.5. The van der Waals surface area contributed by atoms with E-state index in [0.29, 0.717) is 47.8 Å². The van der Waals surface area contributed by atoms with Crippen molar-refractivity contribution in [3.63, 3.8) is 0 Å². The number of piperazine rings is 1. The number of aryl methyl sites for hydroxylation is 1. The Morgan fingerprint density at radius 2 is 1.93 bits per heavy atom. The number of halogens is 1. The fourth-order valence-corrected chi connectivity index (χ4v) is 8.13. The van der Waals surface area contributed by atoms with Gasteiger partial charge in [0.25, 0.3) is 5.91 Å². The maximum Gasteiger partial charge on any atom is 0.268 e. The minimum absolute atomic E-state index is 0.111. The molecule has 4 heterocycles. The maximum absolute atomic E-state index is 14.0. The molecule has 11 nitrogen and oxygen atoms in total. The Labute approximate surface area is 270 Å². The number of likely N-dealkylation sites (tertiary alicyclic amines) is 2. The number of H-pyrrole nitrogens is 1. The summed E-state index contributed by atoms with van der Waals surface area (Å²) in [5.41, 5.74) is 0.562. The van der Waals surface area contributed by atoms with Gasteiger partial charge in [-0.15, -0.1) is 0 Å². The van der Waals surface area contributed by atoms with Crippen LogP contribution in [0.2, 0.25) is 0 Å². The van der Waals surface area contributed by atoms with Crippen LogP contribution in [0.1, 0.15) is 43.7 Å². The van der Waals surface area contributed by atoms with E-state index in [2.05, 4.69) is 10.3 Å². The summed E-state index contributed by atoms with van der Waals surface area (Å²) < 4.78 is 40.3. The molecule has 6 rings (SSSR count). The number of amides is 3. The lowest BCUT2D eigenvalue weighted by Gasteiger charge is -2.70. The normalized spacial score (nSPS) is 24.4. The summed E-state index contributed by atoms with van der Waals surface area (Å²) in [7, 11) is -0.127. The van der Waals surface area contributed by atoms with Crippen molar-refractivity contribution in [2.24, 2.45) is 5.41 Å². The molecule has 3 fully saturated rings. The molecule has 2 N–H and O–H groups in total. The minimum Gasteiger partial charge on any atom is -0.495 e. The van der Waals surface area contributed by atoms with E-state index in [1.165, 1.54) is 19.2 Å². The summed E-state index contributed by atoms with van der Waals surface area (Å²) in [6, 6.07) is 9.44. The summed E-state index contributed by atoms with van der Waals surface area (Å²) >= 11 is 0. The monoisotopic (exact) mass is 653 g/mol. The second kappa shape index (κ2) is 11.8. The molecular weight excluding hydrogens is 613 g/mol. The number of ether oxygens (including phenoxy) is 2. The van der Waals surface area contributed by atoms with Crippen LogP contribution in [0, 0.1) is 18.2 Å². The lowest BCUT2D eigenvalue weighted by molar-refractivity contribution is -0.210. The van der Waals surface area contributed by atoms with Gasteiger partial charge in [-0.2, -0.15) is 0 Å². The number of rotatable bonds is 7. The molecule has 3 aliphatic rings. The Morgan fingerprint density at radius 1 is 1.17 bits per heavy atom. The lowest BCUT2D eigenvalue weighted by Crippen LogP contribution is -2.89. The van der Waals surface area contributed by atoms with Gasteiger partial charge in [0.05, 0.1) is 36.8 Å². The van der Waals surface area contributed by atoms with E-state index in [1.807, 2.05) is 46.8 Å². The van der Waals surface area contributed by atoms with E-state index < -0.39 is 45.7 Å². The van der Waals surface area contributed by atoms with Crippen LogP contribution < -0.4 is 10.1 Å². The van der Waals surface area contributed by atoms with Crippen LogP contribution in [0.25, 0.3) is 10.9 Å². The van der Waals surface area contributed by atoms with Gasteiger partial charge in [-0.3, -0.25) is 14.4 Å². The van der Waals surface area contributed by atoms with Gasteiger partial charge >= 0.3 is 0 Å². The number of hydrogen-bond donors (Lipinski definition) is 2. The third-order valence-corrected chi connectivity index (χ3v) is 11.0. The average molecular weight is 654 g/mol. The minimum atomic E-state index is -1.65. The molecular formula is C33H40FN5O6S. The zero-order chi connectivity index (χ0) is 33.1. The van der Waals surface area contributed by atoms with Crippen molar-refractivity contribution in [1.29, 1.82) is 0 Å². The number of nitrogens with zero attached hydrogens (tertiary/aromatic N) is 3. The van der Waals surface area contributed by atoms with Crippen LogP contribution in [0.15, 0.2) is 47.4 Å². The molecule has 0 spiro atoms. The van der Waals surface area contributed by atoms with Crippen LogP contribution in [-0.4, -0.2) is 105 Å². The number of aromatic nitrogens is 1. The van der Waals surface area contributed by atoms with Crippen LogP contribution in [-0.2, 0) is 25.3 Å². The van der Waals surface area contributed by atoms with Crippen molar-refractivity contribution >= 4 is 39.6 Å². The molecule has 3 amide bonds. The van der Waals surface area contributed by atoms with Gasteiger partial charge in [0, 0.05) is 30.5 Å². The van der Waals surface area contributed by atoms with Gasteiger partial charge < -0.3 is 29.6 Å². The van der Waals surface area contributed by atoms with Crippen molar-refractivity contribution in [2.75, 3.05) is 40.0 Å². The summed E-state index contributed by atoms with van der Waals surface area (Å²) in [6.07, 6.45) is 0. The number of carbonyl (C=O) groups is 3. The Kier molecular flexibility index (Phi) is 8.22. The van der Waals surface area contributed by atoms with Gasteiger partial charge in [-0.05, 0) is 61.2 Å². The van der Waals surface area contributed by atoms with Crippen molar-refractivity contribution in [3.05, 3.63) is 59.5 Å². The van der Waals surface area contributed by atoms with Crippen molar-refractivity contribution in [2.45, 2.75) is 63.2 Å². The number of carbonyl (C=O) groups excluding carboxylic acids is 3. The van der Waals surface area contributed by atoms with Gasteiger partial charge in [0.15, 0.2) is 0 Å². The van der Waals surface area contributed by atoms with Crippen LogP contribution in [0.4, 0.5) is 4.39 Å². The zero-order valence-corrected chi connectivity index (χ0v) is 27.7. The molecule has 0 bridgehead atoms. The van der Waals surface area contributed by atoms with Crippen LogP contribution >= 0.6 is 0 Å². The van der Waals surface area contributed by atoms with E-state index in [4.69, 9.17) is 9.47 Å². The van der Waals surface area contributed by atoms with E-state index >= 15 is 0 Å².